The van der Waals surface area contributed by atoms with Gasteiger partial charge in [0.1, 0.15) is 0 Å². The van der Waals surface area contributed by atoms with Crippen molar-refractivity contribution in [3.8, 4) is 0 Å². The van der Waals surface area contributed by atoms with E-state index in [-0.39, 0.29) is 11.9 Å². The van der Waals surface area contributed by atoms with Crippen LogP contribution >= 0.6 is 11.3 Å². The number of carbonyl (C=O) groups is 1. The van der Waals surface area contributed by atoms with Crippen molar-refractivity contribution in [3.05, 3.63) is 53.6 Å². The van der Waals surface area contributed by atoms with Gasteiger partial charge >= 0.3 is 0 Å². The fourth-order valence-corrected chi connectivity index (χ4v) is 5.47. The molecule has 0 aliphatic carbocycles. The van der Waals surface area contributed by atoms with Gasteiger partial charge in [-0.1, -0.05) is 23.5 Å². The third-order valence-corrected chi connectivity index (χ3v) is 6.59. The topological polar surface area (TPSA) is 79.4 Å². The molecule has 0 bridgehead atoms. The zero-order valence-corrected chi connectivity index (χ0v) is 15.9. The molecule has 0 saturated heterocycles. The predicted octanol–water partition coefficient (Wildman–Crippen LogP) is 3.26. The summed E-state index contributed by atoms with van der Waals surface area (Å²) in [6.07, 6.45) is 1.79. The van der Waals surface area contributed by atoms with Gasteiger partial charge in [0.05, 0.1) is 22.2 Å². The molecule has 2 aromatic carbocycles. The Bertz CT molecular complexity index is 1090. The summed E-state index contributed by atoms with van der Waals surface area (Å²) >= 11 is 1.42. The number of hydrogen-bond acceptors (Lipinski definition) is 5. The maximum Gasteiger partial charge on any atom is 0.257 e. The molecule has 2 heterocycles. The molecule has 0 fully saturated rings. The minimum Gasteiger partial charge on any atom is -0.298 e. The molecular weight excluding hydrogens is 370 g/mol. The van der Waals surface area contributed by atoms with Crippen LogP contribution in [0.3, 0.4) is 0 Å². The number of nitrogens with one attached hydrogen (secondary N) is 1. The fourth-order valence-electron chi connectivity index (χ4n) is 3.34. The number of anilines is 2. The van der Waals surface area contributed by atoms with E-state index in [0.717, 1.165) is 15.8 Å². The van der Waals surface area contributed by atoms with Gasteiger partial charge in [0.25, 0.3) is 5.91 Å². The molecule has 0 saturated carbocycles. The molecule has 0 radical (unpaired) electrons. The van der Waals surface area contributed by atoms with E-state index in [9.17, 15) is 13.2 Å². The standard InChI is InChI=1S/C18H17N3O3S2/c1-11-9-13-10-12(7-8-15(13)21(11)26(2,23)24)17(22)20-18-19-14-5-3-4-6-16(14)25-18/h3-8,10-11H,9H2,1-2H3,(H,19,20,22)/t11-/m0/s1. The Morgan fingerprint density at radius 3 is 2.77 bits per heavy atom. The molecule has 8 heteroatoms. The Hall–Kier alpha value is -2.45. The van der Waals surface area contributed by atoms with Crippen LogP contribution in [0.4, 0.5) is 10.8 Å². The largest absolute Gasteiger partial charge is 0.298 e. The number of aromatic nitrogens is 1. The molecule has 3 aromatic rings. The number of carbonyl (C=O) groups excluding carboxylic acids is 1. The van der Waals surface area contributed by atoms with E-state index in [1.54, 1.807) is 18.2 Å². The lowest BCUT2D eigenvalue weighted by Crippen LogP contribution is -2.34. The smallest absolute Gasteiger partial charge is 0.257 e. The van der Waals surface area contributed by atoms with Gasteiger partial charge < -0.3 is 0 Å². The summed E-state index contributed by atoms with van der Waals surface area (Å²) in [6.45, 7) is 1.86. The van der Waals surface area contributed by atoms with Gasteiger partial charge in [-0.2, -0.15) is 0 Å². The maximum atomic E-state index is 12.6. The maximum absolute atomic E-state index is 12.6. The summed E-state index contributed by atoms with van der Waals surface area (Å²) in [5.74, 6) is -0.252. The summed E-state index contributed by atoms with van der Waals surface area (Å²) in [5.41, 5.74) is 2.85. The van der Waals surface area contributed by atoms with Crippen molar-refractivity contribution in [2.24, 2.45) is 0 Å². The van der Waals surface area contributed by atoms with Crippen LogP contribution in [0.5, 0.6) is 0 Å². The van der Waals surface area contributed by atoms with Crippen LogP contribution in [0.15, 0.2) is 42.5 Å². The van der Waals surface area contributed by atoms with Crippen LogP contribution in [0.1, 0.15) is 22.8 Å². The van der Waals surface area contributed by atoms with Gasteiger partial charge in [0.2, 0.25) is 10.0 Å². The lowest BCUT2D eigenvalue weighted by molar-refractivity contribution is 0.102. The molecule has 26 heavy (non-hydrogen) atoms. The van der Waals surface area contributed by atoms with Gasteiger partial charge in [0, 0.05) is 11.6 Å². The van der Waals surface area contributed by atoms with Crippen molar-refractivity contribution >= 4 is 48.3 Å². The third-order valence-electron chi connectivity index (χ3n) is 4.37. The fraction of sp³-hybridized carbons (Fsp3) is 0.222. The van der Waals surface area contributed by atoms with Crippen molar-refractivity contribution in [2.45, 2.75) is 19.4 Å². The molecule has 0 spiro atoms. The number of nitrogens with zero attached hydrogens (tertiary/aromatic N) is 2. The molecule has 4 rings (SSSR count). The number of hydrogen-bond donors (Lipinski definition) is 1. The van der Waals surface area contributed by atoms with Gasteiger partial charge in [-0.05, 0) is 49.2 Å². The number of sulfonamides is 1. The van der Waals surface area contributed by atoms with E-state index >= 15 is 0 Å². The second-order valence-corrected chi connectivity index (χ2v) is 9.29. The average Bonchev–Trinajstić information content (AvgIpc) is 3.12. The summed E-state index contributed by atoms with van der Waals surface area (Å²) < 4.78 is 26.4. The first-order valence-electron chi connectivity index (χ1n) is 8.12. The van der Waals surface area contributed by atoms with Crippen LogP contribution in [-0.4, -0.2) is 31.6 Å². The van der Waals surface area contributed by atoms with Crippen molar-refractivity contribution in [1.29, 1.82) is 0 Å². The first kappa shape index (κ1) is 17.0. The highest BCUT2D eigenvalue weighted by molar-refractivity contribution is 7.92. The van der Waals surface area contributed by atoms with Crippen molar-refractivity contribution < 1.29 is 13.2 Å². The number of rotatable bonds is 3. The van der Waals surface area contributed by atoms with E-state index in [2.05, 4.69) is 10.3 Å². The van der Waals surface area contributed by atoms with Gasteiger partial charge in [-0.15, -0.1) is 0 Å². The molecule has 1 atom stereocenters. The van der Waals surface area contributed by atoms with Crippen LogP contribution in [-0.2, 0) is 16.4 Å². The van der Waals surface area contributed by atoms with Crippen LogP contribution in [0.25, 0.3) is 10.2 Å². The van der Waals surface area contributed by atoms with E-state index in [4.69, 9.17) is 0 Å². The third kappa shape index (κ3) is 2.95. The normalized spacial score (nSPS) is 16.7. The Labute approximate surface area is 155 Å². The second kappa shape index (κ2) is 6.07. The quantitative estimate of drug-likeness (QED) is 0.748. The predicted molar refractivity (Wildman–Crippen MR) is 105 cm³/mol. The summed E-state index contributed by atoms with van der Waals surface area (Å²) in [4.78, 5) is 17.0. The van der Waals surface area contributed by atoms with E-state index in [1.807, 2.05) is 31.2 Å². The first-order valence-corrected chi connectivity index (χ1v) is 10.8. The van der Waals surface area contributed by atoms with E-state index in [0.29, 0.717) is 22.8 Å². The zero-order chi connectivity index (χ0) is 18.5. The van der Waals surface area contributed by atoms with Crippen LogP contribution < -0.4 is 9.62 Å². The molecule has 134 valence electrons. The summed E-state index contributed by atoms with van der Waals surface area (Å²) in [7, 11) is -3.34. The molecule has 0 unspecified atom stereocenters. The number of fused-ring (bicyclic) bond motifs is 2. The van der Waals surface area contributed by atoms with Gasteiger partial charge in [-0.25, -0.2) is 13.4 Å². The highest BCUT2D eigenvalue weighted by Gasteiger charge is 2.32. The lowest BCUT2D eigenvalue weighted by Gasteiger charge is -2.21. The lowest BCUT2D eigenvalue weighted by atomic mass is 10.1. The minimum atomic E-state index is -3.34. The Morgan fingerprint density at radius 1 is 1.27 bits per heavy atom. The van der Waals surface area contributed by atoms with Crippen molar-refractivity contribution in [3.63, 3.8) is 0 Å². The highest BCUT2D eigenvalue weighted by Crippen LogP contribution is 2.35. The number of benzene rings is 2. The van der Waals surface area contributed by atoms with E-state index < -0.39 is 10.0 Å². The van der Waals surface area contributed by atoms with Crippen molar-refractivity contribution in [2.75, 3.05) is 15.9 Å². The Balaban J connectivity index is 1.61. The number of para-hydroxylation sites is 1. The van der Waals surface area contributed by atoms with Crippen LogP contribution in [0.2, 0.25) is 0 Å². The molecule has 6 nitrogen and oxygen atoms in total. The SMILES string of the molecule is C[C@H]1Cc2cc(C(=O)Nc3nc4ccccc4s3)ccc2N1S(C)(=O)=O. The monoisotopic (exact) mass is 387 g/mol. The summed E-state index contributed by atoms with van der Waals surface area (Å²) in [5, 5.41) is 3.37. The molecule has 1 aliphatic heterocycles. The molecule has 1 amide bonds. The zero-order valence-electron chi connectivity index (χ0n) is 14.3. The molecular formula is C18H17N3O3S2. The highest BCUT2D eigenvalue weighted by atomic mass is 32.2. The minimum absolute atomic E-state index is 0.150. The number of thiazole rings is 1. The Morgan fingerprint density at radius 2 is 2.04 bits per heavy atom. The van der Waals surface area contributed by atoms with Crippen molar-refractivity contribution in [1.82, 2.24) is 4.98 Å². The number of amides is 1. The van der Waals surface area contributed by atoms with Crippen LogP contribution in [0, 0.1) is 0 Å². The molecule has 1 aromatic heterocycles. The van der Waals surface area contributed by atoms with Gasteiger partial charge in [0.15, 0.2) is 5.13 Å². The molecule has 1 N–H and O–H groups in total. The average molecular weight is 387 g/mol. The molecule has 1 aliphatic rings. The Kier molecular flexibility index (Phi) is 3.96. The first-order chi connectivity index (χ1) is 12.3. The van der Waals surface area contributed by atoms with Gasteiger partial charge in [-0.3, -0.25) is 14.4 Å². The summed E-state index contributed by atoms with van der Waals surface area (Å²) in [6, 6.07) is 12.7. The van der Waals surface area contributed by atoms with E-state index in [1.165, 1.54) is 21.9 Å². The second-order valence-electron chi connectivity index (χ2n) is 6.40.